The second kappa shape index (κ2) is 5.94. The highest BCUT2D eigenvalue weighted by Gasteiger charge is 2.45. The van der Waals surface area contributed by atoms with Gasteiger partial charge in [0.1, 0.15) is 5.69 Å². The van der Waals surface area contributed by atoms with E-state index >= 15 is 0 Å². The highest BCUT2D eigenvalue weighted by atomic mass is 16.3. The summed E-state index contributed by atoms with van der Waals surface area (Å²) in [5.74, 6) is 0.389. The van der Waals surface area contributed by atoms with Crippen molar-refractivity contribution in [3.05, 3.63) is 42.4 Å². The first-order valence-electron chi connectivity index (χ1n) is 8.05. The number of hydrogen-bond donors (Lipinski definition) is 1. The minimum atomic E-state index is -0.775. The summed E-state index contributed by atoms with van der Waals surface area (Å²) in [6, 6.07) is 5.52. The average molecular weight is 326 g/mol. The summed E-state index contributed by atoms with van der Waals surface area (Å²) < 4.78 is 0. The van der Waals surface area contributed by atoms with Gasteiger partial charge < -0.3 is 10.0 Å². The van der Waals surface area contributed by atoms with Crippen molar-refractivity contribution in [3.8, 4) is 11.5 Å². The molecule has 1 aliphatic rings. The quantitative estimate of drug-likeness (QED) is 0.915. The van der Waals surface area contributed by atoms with Gasteiger partial charge in [-0.25, -0.2) is 9.97 Å². The summed E-state index contributed by atoms with van der Waals surface area (Å²) >= 11 is 0. The van der Waals surface area contributed by atoms with Gasteiger partial charge in [0.25, 0.3) is 5.91 Å². The Morgan fingerprint density at radius 3 is 2.46 bits per heavy atom. The number of aromatic nitrogens is 3. The summed E-state index contributed by atoms with van der Waals surface area (Å²) in [7, 11) is 0. The van der Waals surface area contributed by atoms with Crippen molar-refractivity contribution < 1.29 is 9.90 Å². The van der Waals surface area contributed by atoms with Crippen molar-refractivity contribution in [1.82, 2.24) is 19.9 Å². The summed E-state index contributed by atoms with van der Waals surface area (Å²) in [5, 5.41) is 10.5. The Morgan fingerprint density at radius 1 is 1.17 bits per heavy atom. The molecule has 1 saturated heterocycles. The van der Waals surface area contributed by atoms with Crippen LogP contribution in [-0.4, -0.2) is 49.6 Å². The Hall–Kier alpha value is -2.34. The van der Waals surface area contributed by atoms with Crippen LogP contribution in [0.15, 0.2) is 36.8 Å². The van der Waals surface area contributed by atoms with Gasteiger partial charge >= 0.3 is 0 Å². The maximum atomic E-state index is 12.7. The second-order valence-corrected chi connectivity index (χ2v) is 7.14. The Bertz CT molecular complexity index is 726. The molecule has 2 aromatic heterocycles. The lowest BCUT2D eigenvalue weighted by Gasteiger charge is -2.48. The zero-order chi connectivity index (χ0) is 17.4. The standard InChI is InChI=1S/C18H22N4O2/c1-17(2)12-22(9-7-18(17,3)24)16(23)13-10-20-15(21-11-13)14-6-4-5-8-19-14/h4-6,8,10-11,24H,7,9,12H2,1-3H3/t18-/m0/s1. The average Bonchev–Trinajstić information content (AvgIpc) is 2.58. The third kappa shape index (κ3) is 3.01. The predicted octanol–water partition coefficient (Wildman–Crippen LogP) is 2.16. The Labute approximate surface area is 141 Å². The van der Waals surface area contributed by atoms with E-state index in [0.29, 0.717) is 36.6 Å². The molecule has 3 rings (SSSR count). The van der Waals surface area contributed by atoms with E-state index in [9.17, 15) is 9.90 Å². The van der Waals surface area contributed by atoms with Gasteiger partial charge in [-0.2, -0.15) is 0 Å². The van der Waals surface area contributed by atoms with Crippen molar-refractivity contribution in [1.29, 1.82) is 0 Å². The fourth-order valence-electron chi connectivity index (χ4n) is 2.84. The van der Waals surface area contributed by atoms with Crippen LogP contribution in [0.1, 0.15) is 37.6 Å². The molecule has 0 bridgehead atoms. The number of carbonyl (C=O) groups is 1. The molecule has 24 heavy (non-hydrogen) atoms. The molecule has 6 heteroatoms. The van der Waals surface area contributed by atoms with Crippen molar-refractivity contribution in [3.63, 3.8) is 0 Å². The van der Waals surface area contributed by atoms with Crippen molar-refractivity contribution >= 4 is 5.91 Å². The van der Waals surface area contributed by atoms with Crippen molar-refractivity contribution in [2.75, 3.05) is 13.1 Å². The van der Waals surface area contributed by atoms with Gasteiger partial charge in [0.2, 0.25) is 0 Å². The van der Waals surface area contributed by atoms with Crippen molar-refractivity contribution in [2.24, 2.45) is 5.41 Å². The molecule has 1 amide bonds. The van der Waals surface area contributed by atoms with E-state index in [1.165, 1.54) is 0 Å². The maximum Gasteiger partial charge on any atom is 0.257 e. The summed E-state index contributed by atoms with van der Waals surface area (Å²) in [4.78, 5) is 27.2. The molecule has 2 aromatic rings. The van der Waals surface area contributed by atoms with Crippen LogP contribution >= 0.6 is 0 Å². The van der Waals surface area contributed by atoms with Gasteiger partial charge in [0, 0.05) is 37.1 Å². The van der Waals surface area contributed by atoms with E-state index in [4.69, 9.17) is 0 Å². The molecule has 1 fully saturated rings. The van der Waals surface area contributed by atoms with E-state index in [1.54, 1.807) is 23.5 Å². The van der Waals surface area contributed by atoms with Crippen LogP contribution in [0.25, 0.3) is 11.5 Å². The number of aliphatic hydroxyl groups is 1. The van der Waals surface area contributed by atoms with Gasteiger partial charge in [-0.05, 0) is 25.5 Å². The fraction of sp³-hybridized carbons (Fsp3) is 0.444. The number of piperidine rings is 1. The lowest BCUT2D eigenvalue weighted by atomic mass is 9.71. The third-order valence-electron chi connectivity index (χ3n) is 4.99. The van der Waals surface area contributed by atoms with E-state index in [0.717, 1.165) is 0 Å². The molecule has 1 atom stereocenters. The molecule has 0 saturated carbocycles. The number of likely N-dealkylation sites (tertiary alicyclic amines) is 1. The number of amides is 1. The van der Waals surface area contributed by atoms with Crippen LogP contribution in [-0.2, 0) is 0 Å². The molecule has 0 spiro atoms. The van der Waals surface area contributed by atoms with Crippen molar-refractivity contribution in [2.45, 2.75) is 32.8 Å². The predicted molar refractivity (Wildman–Crippen MR) is 90.2 cm³/mol. The van der Waals surface area contributed by atoms with Gasteiger partial charge in [-0.1, -0.05) is 19.9 Å². The summed E-state index contributed by atoms with van der Waals surface area (Å²) in [6.45, 7) is 6.82. The molecule has 3 heterocycles. The first kappa shape index (κ1) is 16.5. The van der Waals surface area contributed by atoms with Crippen LogP contribution in [0.2, 0.25) is 0 Å². The third-order valence-corrected chi connectivity index (χ3v) is 4.99. The van der Waals surface area contributed by atoms with Gasteiger partial charge in [0.15, 0.2) is 5.82 Å². The van der Waals surface area contributed by atoms with E-state index < -0.39 is 5.60 Å². The molecule has 1 aliphatic heterocycles. The molecular formula is C18H22N4O2. The smallest absolute Gasteiger partial charge is 0.257 e. The fourth-order valence-corrected chi connectivity index (χ4v) is 2.84. The lowest BCUT2D eigenvalue weighted by molar-refractivity contribution is -0.0971. The SMILES string of the molecule is CC1(C)CN(C(=O)c2cnc(-c3ccccn3)nc2)CC[C@]1(C)O. The topological polar surface area (TPSA) is 79.2 Å². The minimum Gasteiger partial charge on any atom is -0.389 e. The van der Waals surface area contributed by atoms with Gasteiger partial charge in [0.05, 0.1) is 11.2 Å². The first-order valence-corrected chi connectivity index (χ1v) is 8.05. The van der Waals surface area contributed by atoms with Gasteiger partial charge in [-0.3, -0.25) is 9.78 Å². The number of rotatable bonds is 2. The zero-order valence-electron chi connectivity index (χ0n) is 14.2. The Morgan fingerprint density at radius 2 is 1.88 bits per heavy atom. The lowest BCUT2D eigenvalue weighted by Crippen LogP contribution is -2.57. The molecule has 1 N–H and O–H groups in total. The number of hydrogen-bond acceptors (Lipinski definition) is 5. The zero-order valence-corrected chi connectivity index (χ0v) is 14.2. The molecule has 0 radical (unpaired) electrons. The number of pyridine rings is 1. The largest absolute Gasteiger partial charge is 0.389 e. The highest BCUT2D eigenvalue weighted by Crippen LogP contribution is 2.38. The molecule has 126 valence electrons. The maximum absolute atomic E-state index is 12.7. The monoisotopic (exact) mass is 326 g/mol. The van der Waals surface area contributed by atoms with E-state index in [1.807, 2.05) is 39.0 Å². The normalized spacial score (nSPS) is 23.1. The van der Waals surface area contributed by atoms with Crippen LogP contribution < -0.4 is 0 Å². The molecule has 6 nitrogen and oxygen atoms in total. The second-order valence-electron chi connectivity index (χ2n) is 7.14. The summed E-state index contributed by atoms with van der Waals surface area (Å²) in [6.07, 6.45) is 5.32. The minimum absolute atomic E-state index is 0.105. The summed E-state index contributed by atoms with van der Waals surface area (Å²) in [5.41, 5.74) is -0.0163. The van der Waals surface area contributed by atoms with E-state index in [-0.39, 0.29) is 11.3 Å². The molecular weight excluding hydrogens is 304 g/mol. The Kier molecular flexibility index (Phi) is 4.09. The first-order chi connectivity index (χ1) is 11.3. The van der Waals surface area contributed by atoms with Crippen LogP contribution in [0.4, 0.5) is 0 Å². The number of nitrogens with zero attached hydrogens (tertiary/aromatic N) is 4. The van der Waals surface area contributed by atoms with Crippen LogP contribution in [0.5, 0.6) is 0 Å². The molecule has 0 aromatic carbocycles. The highest BCUT2D eigenvalue weighted by molar-refractivity contribution is 5.93. The molecule has 0 unspecified atom stereocenters. The molecule has 0 aliphatic carbocycles. The Balaban J connectivity index is 1.77. The number of carbonyl (C=O) groups excluding carboxylic acids is 1. The van der Waals surface area contributed by atoms with E-state index in [2.05, 4.69) is 15.0 Å². The van der Waals surface area contributed by atoms with Crippen LogP contribution in [0.3, 0.4) is 0 Å². The van der Waals surface area contributed by atoms with Gasteiger partial charge in [-0.15, -0.1) is 0 Å². The van der Waals surface area contributed by atoms with Crippen LogP contribution in [0, 0.1) is 5.41 Å².